The summed E-state index contributed by atoms with van der Waals surface area (Å²) in [6, 6.07) is 6.84. The second-order valence-electron chi connectivity index (χ2n) is 11.3. The van der Waals surface area contributed by atoms with Crippen LogP contribution in [0.5, 0.6) is 0 Å². The zero-order valence-electron chi connectivity index (χ0n) is 22.9. The average molecular weight is 497 g/mol. The number of benzene rings is 1. The van der Waals surface area contributed by atoms with Gasteiger partial charge in [-0.05, 0) is 77.5 Å². The first-order valence-electron chi connectivity index (χ1n) is 12.7. The first-order chi connectivity index (χ1) is 16.7. The molecule has 1 aliphatic rings. The van der Waals surface area contributed by atoms with Gasteiger partial charge in [0.25, 0.3) is 0 Å². The minimum atomic E-state index is -0.972. The van der Waals surface area contributed by atoms with Crippen LogP contribution in [0.25, 0.3) is 11.1 Å². The fraction of sp³-hybridized carbons (Fsp3) is 0.552. The van der Waals surface area contributed by atoms with E-state index in [-0.39, 0.29) is 17.6 Å². The standard InChI is InChI=1S/C29H40N2O5/c1-9-35-27(34)25(36-28(4,5)6)23-19(3)30-18(2)22(20-10-12-21(13-11-20)26(32)33)24(23)31-16-14-29(7,8)15-17-31/h10-13,25H,9,14-17H2,1-8H3,(H,32,33)/t25-/m0/s1. The van der Waals surface area contributed by atoms with Crippen LogP contribution in [0.15, 0.2) is 24.3 Å². The molecule has 3 rings (SSSR count). The fourth-order valence-electron chi connectivity index (χ4n) is 4.74. The van der Waals surface area contributed by atoms with Crippen molar-refractivity contribution < 1.29 is 24.2 Å². The van der Waals surface area contributed by atoms with Crippen LogP contribution in [0, 0.1) is 19.3 Å². The molecular weight excluding hydrogens is 456 g/mol. The Morgan fingerprint density at radius 1 is 1.08 bits per heavy atom. The monoisotopic (exact) mass is 496 g/mol. The molecule has 36 heavy (non-hydrogen) atoms. The first kappa shape index (κ1) is 27.7. The number of hydrogen-bond donors (Lipinski definition) is 1. The van der Waals surface area contributed by atoms with Crippen LogP contribution in [0.1, 0.15) is 87.8 Å². The van der Waals surface area contributed by atoms with Crippen molar-refractivity contribution in [3.63, 3.8) is 0 Å². The van der Waals surface area contributed by atoms with Gasteiger partial charge in [-0.1, -0.05) is 26.0 Å². The summed E-state index contributed by atoms with van der Waals surface area (Å²) in [5.74, 6) is -1.41. The maximum absolute atomic E-state index is 13.3. The molecule has 0 radical (unpaired) electrons. The molecule has 2 heterocycles. The molecule has 0 saturated carbocycles. The molecule has 1 aliphatic heterocycles. The Morgan fingerprint density at radius 3 is 2.17 bits per heavy atom. The summed E-state index contributed by atoms with van der Waals surface area (Å²) in [4.78, 5) is 32.0. The Labute approximate surface area is 214 Å². The number of aromatic nitrogens is 1. The number of piperidine rings is 1. The molecule has 1 atom stereocenters. The number of rotatable bonds is 7. The molecule has 0 amide bonds. The minimum Gasteiger partial charge on any atom is -0.478 e. The molecule has 0 aliphatic carbocycles. The van der Waals surface area contributed by atoms with Crippen LogP contribution in [-0.2, 0) is 14.3 Å². The average Bonchev–Trinajstić information content (AvgIpc) is 2.77. The Kier molecular flexibility index (Phi) is 8.13. The summed E-state index contributed by atoms with van der Waals surface area (Å²) in [7, 11) is 0. The number of carbonyl (C=O) groups excluding carboxylic acids is 1. The fourth-order valence-corrected chi connectivity index (χ4v) is 4.74. The van der Waals surface area contributed by atoms with E-state index in [1.165, 1.54) is 0 Å². The van der Waals surface area contributed by atoms with E-state index in [2.05, 4.69) is 18.7 Å². The van der Waals surface area contributed by atoms with Crippen molar-refractivity contribution in [1.29, 1.82) is 0 Å². The number of aryl methyl sites for hydroxylation is 2. The number of carbonyl (C=O) groups is 2. The third-order valence-corrected chi connectivity index (χ3v) is 6.67. The van der Waals surface area contributed by atoms with Crippen molar-refractivity contribution in [2.45, 2.75) is 79.9 Å². The number of hydrogen-bond acceptors (Lipinski definition) is 6. The van der Waals surface area contributed by atoms with Gasteiger partial charge in [0.05, 0.1) is 23.5 Å². The van der Waals surface area contributed by atoms with Gasteiger partial charge >= 0.3 is 11.9 Å². The van der Waals surface area contributed by atoms with Crippen molar-refractivity contribution in [2.75, 3.05) is 24.6 Å². The summed E-state index contributed by atoms with van der Waals surface area (Å²) >= 11 is 0. The smallest absolute Gasteiger partial charge is 0.340 e. The Balaban J connectivity index is 2.30. The topological polar surface area (TPSA) is 89.0 Å². The molecule has 7 nitrogen and oxygen atoms in total. The Hall–Kier alpha value is -2.93. The van der Waals surface area contributed by atoms with Crippen LogP contribution < -0.4 is 4.90 Å². The quantitative estimate of drug-likeness (QED) is 0.463. The molecule has 1 N–H and O–H groups in total. The number of nitrogens with zero attached hydrogens (tertiary/aromatic N) is 2. The van der Waals surface area contributed by atoms with Gasteiger partial charge in [0.15, 0.2) is 6.10 Å². The van der Waals surface area contributed by atoms with Gasteiger partial charge in [-0.2, -0.15) is 0 Å². The van der Waals surface area contributed by atoms with Crippen LogP contribution in [0.4, 0.5) is 5.69 Å². The highest BCUT2D eigenvalue weighted by Gasteiger charge is 2.37. The van der Waals surface area contributed by atoms with Gasteiger partial charge in [-0.25, -0.2) is 9.59 Å². The molecule has 0 unspecified atom stereocenters. The van der Waals surface area contributed by atoms with E-state index < -0.39 is 23.6 Å². The van der Waals surface area contributed by atoms with Gasteiger partial charge in [-0.15, -0.1) is 0 Å². The van der Waals surface area contributed by atoms with E-state index in [0.717, 1.165) is 54.1 Å². The Bertz CT molecular complexity index is 1110. The van der Waals surface area contributed by atoms with Crippen molar-refractivity contribution in [3.8, 4) is 11.1 Å². The lowest BCUT2D eigenvalue weighted by Gasteiger charge is -2.41. The van der Waals surface area contributed by atoms with Crippen molar-refractivity contribution in [2.24, 2.45) is 5.41 Å². The van der Waals surface area contributed by atoms with E-state index in [4.69, 9.17) is 14.5 Å². The lowest BCUT2D eigenvalue weighted by atomic mass is 9.81. The SMILES string of the molecule is CCOC(=O)[C@@H](OC(C)(C)C)c1c(C)nc(C)c(-c2ccc(C(=O)O)cc2)c1N1CCC(C)(C)CC1. The molecule has 7 heteroatoms. The number of pyridine rings is 1. The van der Waals surface area contributed by atoms with Gasteiger partial charge in [0, 0.05) is 35.6 Å². The largest absolute Gasteiger partial charge is 0.478 e. The molecule has 1 saturated heterocycles. The lowest BCUT2D eigenvalue weighted by Crippen LogP contribution is -2.39. The highest BCUT2D eigenvalue weighted by atomic mass is 16.6. The molecule has 0 bridgehead atoms. The summed E-state index contributed by atoms with van der Waals surface area (Å²) in [5.41, 5.74) is 4.77. The number of carboxylic acid groups (broad SMARTS) is 1. The van der Waals surface area contributed by atoms with E-state index in [1.54, 1.807) is 19.1 Å². The molecule has 0 spiro atoms. The molecule has 2 aromatic rings. The number of esters is 1. The normalized spacial score (nSPS) is 16.5. The molecular formula is C29H40N2O5. The third-order valence-electron chi connectivity index (χ3n) is 6.67. The molecule has 1 aromatic heterocycles. The van der Waals surface area contributed by atoms with E-state index in [9.17, 15) is 14.7 Å². The molecule has 1 aromatic carbocycles. The highest BCUT2D eigenvalue weighted by Crippen LogP contribution is 2.45. The number of carboxylic acids is 1. The van der Waals surface area contributed by atoms with Crippen LogP contribution >= 0.6 is 0 Å². The summed E-state index contributed by atoms with van der Waals surface area (Å²) in [5, 5.41) is 9.39. The van der Waals surface area contributed by atoms with Crippen molar-refractivity contribution >= 4 is 17.6 Å². The maximum atomic E-state index is 13.3. The van der Waals surface area contributed by atoms with Crippen LogP contribution in [0.2, 0.25) is 0 Å². The molecule has 196 valence electrons. The number of anilines is 1. The van der Waals surface area contributed by atoms with Gasteiger partial charge in [-0.3, -0.25) is 4.98 Å². The zero-order chi connectivity index (χ0) is 26.8. The third kappa shape index (κ3) is 6.25. The zero-order valence-corrected chi connectivity index (χ0v) is 22.9. The van der Waals surface area contributed by atoms with Crippen LogP contribution in [0.3, 0.4) is 0 Å². The summed E-state index contributed by atoms with van der Waals surface area (Å²) in [6.45, 7) is 17.9. The number of ether oxygens (including phenoxy) is 2. The maximum Gasteiger partial charge on any atom is 0.340 e. The number of aromatic carboxylic acids is 1. The highest BCUT2D eigenvalue weighted by molar-refractivity contribution is 5.91. The minimum absolute atomic E-state index is 0.221. The summed E-state index contributed by atoms with van der Waals surface area (Å²) in [6.07, 6.45) is 1.07. The first-order valence-corrected chi connectivity index (χ1v) is 12.7. The molecule has 1 fully saturated rings. The van der Waals surface area contributed by atoms with E-state index in [1.807, 2.05) is 46.8 Å². The van der Waals surface area contributed by atoms with Gasteiger partial charge < -0.3 is 19.5 Å². The van der Waals surface area contributed by atoms with E-state index in [0.29, 0.717) is 5.56 Å². The predicted molar refractivity (Wildman–Crippen MR) is 142 cm³/mol. The van der Waals surface area contributed by atoms with Crippen LogP contribution in [-0.4, -0.2) is 47.3 Å². The lowest BCUT2D eigenvalue weighted by molar-refractivity contribution is -0.166. The van der Waals surface area contributed by atoms with Gasteiger partial charge in [0.2, 0.25) is 0 Å². The van der Waals surface area contributed by atoms with Crippen molar-refractivity contribution in [1.82, 2.24) is 4.98 Å². The van der Waals surface area contributed by atoms with Crippen molar-refractivity contribution in [3.05, 3.63) is 46.8 Å². The predicted octanol–water partition coefficient (Wildman–Crippen LogP) is 6.11. The second-order valence-corrected chi connectivity index (χ2v) is 11.3. The Morgan fingerprint density at radius 2 is 1.67 bits per heavy atom. The second kappa shape index (κ2) is 10.6. The van der Waals surface area contributed by atoms with E-state index >= 15 is 0 Å². The summed E-state index contributed by atoms with van der Waals surface area (Å²) < 4.78 is 11.8. The van der Waals surface area contributed by atoms with Gasteiger partial charge in [0.1, 0.15) is 0 Å².